The first-order chi connectivity index (χ1) is 7.90. The van der Waals surface area contributed by atoms with Crippen molar-refractivity contribution in [1.82, 2.24) is 0 Å². The normalized spacial score (nSPS) is 19.6. The average Bonchev–Trinajstić information content (AvgIpc) is 2.49. The molecule has 1 aromatic rings. The van der Waals surface area contributed by atoms with Crippen molar-refractivity contribution in [2.45, 2.75) is 33.2 Å². The number of anilines is 1. The van der Waals surface area contributed by atoms with Gasteiger partial charge in [0, 0.05) is 17.8 Å². The number of rotatable bonds is 2. The van der Waals surface area contributed by atoms with Crippen LogP contribution in [0.1, 0.15) is 38.8 Å². The lowest BCUT2D eigenvalue weighted by Crippen LogP contribution is -2.34. The lowest BCUT2D eigenvalue weighted by Gasteiger charge is -2.24. The first-order valence-electron chi connectivity index (χ1n) is 6.06. The van der Waals surface area contributed by atoms with Crippen molar-refractivity contribution >= 4 is 11.6 Å². The summed E-state index contributed by atoms with van der Waals surface area (Å²) < 4.78 is 0. The number of fused-ring (bicyclic) bond motifs is 1. The summed E-state index contributed by atoms with van der Waals surface area (Å²) in [4.78, 5) is 13.9. The van der Waals surface area contributed by atoms with E-state index in [9.17, 15) is 4.79 Å². The molecule has 0 aromatic heterocycles. The number of carbonyl (C=O) groups excluding carboxylic acids is 1. The summed E-state index contributed by atoms with van der Waals surface area (Å²) in [6, 6.07) is 7.32. The van der Waals surface area contributed by atoms with E-state index >= 15 is 0 Å². The molecule has 0 saturated carbocycles. The summed E-state index contributed by atoms with van der Waals surface area (Å²) in [5, 5.41) is 0. The highest BCUT2D eigenvalue weighted by molar-refractivity contribution is 6.04. The second-order valence-electron chi connectivity index (χ2n) is 5.84. The zero-order chi connectivity index (χ0) is 12.6. The molecular formula is C14H20N2O. The minimum atomic E-state index is -0.480. The molecule has 2 N–H and O–H groups in total. The molecule has 0 fully saturated rings. The maximum Gasteiger partial charge on any atom is 0.248 e. The van der Waals surface area contributed by atoms with Gasteiger partial charge in [0.15, 0.2) is 0 Å². The molecule has 2 rings (SSSR count). The Bertz CT molecular complexity index is 434. The lowest BCUT2D eigenvalue weighted by atomic mass is 9.92. The van der Waals surface area contributed by atoms with E-state index in [1.807, 2.05) is 29.2 Å². The predicted octanol–water partition coefficient (Wildman–Crippen LogP) is 2.47. The molecule has 3 nitrogen and oxygen atoms in total. The van der Waals surface area contributed by atoms with Crippen LogP contribution in [0.3, 0.4) is 0 Å². The third-order valence-corrected chi connectivity index (χ3v) is 3.18. The minimum absolute atomic E-state index is 0.0236. The SMILES string of the molecule is CC(C)(C)CCN1C(=O)C(N)c2ccccc21. The Hall–Kier alpha value is -1.35. The van der Waals surface area contributed by atoms with E-state index < -0.39 is 6.04 Å². The Morgan fingerprint density at radius 3 is 2.59 bits per heavy atom. The topological polar surface area (TPSA) is 46.3 Å². The van der Waals surface area contributed by atoms with Crippen LogP contribution in [0.4, 0.5) is 5.69 Å². The third-order valence-electron chi connectivity index (χ3n) is 3.18. The Labute approximate surface area is 103 Å². The number of carbonyl (C=O) groups is 1. The second kappa shape index (κ2) is 4.15. The second-order valence-corrected chi connectivity index (χ2v) is 5.84. The highest BCUT2D eigenvalue weighted by atomic mass is 16.2. The van der Waals surface area contributed by atoms with Gasteiger partial charge in [-0.15, -0.1) is 0 Å². The Kier molecular flexibility index (Phi) is 2.96. The Balaban J connectivity index is 2.21. The average molecular weight is 232 g/mol. The zero-order valence-corrected chi connectivity index (χ0v) is 10.7. The van der Waals surface area contributed by atoms with Crippen molar-refractivity contribution in [2.24, 2.45) is 11.1 Å². The number of benzene rings is 1. The molecule has 1 unspecified atom stereocenters. The van der Waals surface area contributed by atoms with Crippen molar-refractivity contribution in [3.8, 4) is 0 Å². The number of amides is 1. The summed E-state index contributed by atoms with van der Waals surface area (Å²) in [6.07, 6.45) is 0.972. The molecule has 1 aromatic carbocycles. The van der Waals surface area contributed by atoms with E-state index in [-0.39, 0.29) is 11.3 Å². The van der Waals surface area contributed by atoms with Crippen LogP contribution >= 0.6 is 0 Å². The molecule has 92 valence electrons. The van der Waals surface area contributed by atoms with Gasteiger partial charge in [-0.3, -0.25) is 4.79 Å². The van der Waals surface area contributed by atoms with Crippen LogP contribution < -0.4 is 10.6 Å². The fourth-order valence-electron chi connectivity index (χ4n) is 2.09. The number of hydrogen-bond donors (Lipinski definition) is 1. The van der Waals surface area contributed by atoms with Gasteiger partial charge in [0.25, 0.3) is 0 Å². The maximum atomic E-state index is 12.1. The maximum absolute atomic E-state index is 12.1. The molecule has 17 heavy (non-hydrogen) atoms. The molecule has 0 saturated heterocycles. The summed E-state index contributed by atoms with van der Waals surface area (Å²) >= 11 is 0. The standard InChI is InChI=1S/C14H20N2O/c1-14(2,3)8-9-16-11-7-5-4-6-10(11)12(15)13(16)17/h4-7,12H,8-9,15H2,1-3H3. The monoisotopic (exact) mass is 232 g/mol. The van der Waals surface area contributed by atoms with E-state index in [0.29, 0.717) is 0 Å². The Morgan fingerprint density at radius 2 is 1.94 bits per heavy atom. The molecule has 0 bridgehead atoms. The summed E-state index contributed by atoms with van der Waals surface area (Å²) in [7, 11) is 0. The van der Waals surface area contributed by atoms with Crippen molar-refractivity contribution in [2.75, 3.05) is 11.4 Å². The van der Waals surface area contributed by atoms with Crippen LogP contribution in [-0.2, 0) is 4.79 Å². The zero-order valence-electron chi connectivity index (χ0n) is 10.7. The predicted molar refractivity (Wildman–Crippen MR) is 69.8 cm³/mol. The minimum Gasteiger partial charge on any atom is -0.316 e. The van der Waals surface area contributed by atoms with E-state index in [4.69, 9.17) is 5.73 Å². The van der Waals surface area contributed by atoms with E-state index in [1.165, 1.54) is 0 Å². The van der Waals surface area contributed by atoms with Gasteiger partial charge in [0.2, 0.25) is 5.91 Å². The third kappa shape index (κ3) is 2.34. The number of nitrogens with two attached hydrogens (primary N) is 1. The molecule has 0 spiro atoms. The molecular weight excluding hydrogens is 212 g/mol. The number of nitrogens with zero attached hydrogens (tertiary/aromatic N) is 1. The molecule has 0 radical (unpaired) electrons. The molecule has 1 amide bonds. The molecule has 1 atom stereocenters. The van der Waals surface area contributed by atoms with E-state index in [1.54, 1.807) is 0 Å². The van der Waals surface area contributed by atoms with Crippen LogP contribution in [0.2, 0.25) is 0 Å². The van der Waals surface area contributed by atoms with Gasteiger partial charge < -0.3 is 10.6 Å². The van der Waals surface area contributed by atoms with Crippen LogP contribution in [0, 0.1) is 5.41 Å². The van der Waals surface area contributed by atoms with Gasteiger partial charge in [0.1, 0.15) is 6.04 Å². The van der Waals surface area contributed by atoms with E-state index in [2.05, 4.69) is 20.8 Å². The highest BCUT2D eigenvalue weighted by Gasteiger charge is 2.34. The van der Waals surface area contributed by atoms with Crippen LogP contribution in [0.5, 0.6) is 0 Å². The quantitative estimate of drug-likeness (QED) is 0.851. The largest absolute Gasteiger partial charge is 0.316 e. The van der Waals surface area contributed by atoms with Gasteiger partial charge >= 0.3 is 0 Å². The first-order valence-corrected chi connectivity index (χ1v) is 6.06. The smallest absolute Gasteiger partial charge is 0.248 e. The Morgan fingerprint density at radius 1 is 1.29 bits per heavy atom. The summed E-state index contributed by atoms with van der Waals surface area (Å²) in [5.41, 5.74) is 8.08. The molecule has 1 heterocycles. The fourth-order valence-corrected chi connectivity index (χ4v) is 2.09. The highest BCUT2D eigenvalue weighted by Crippen LogP contribution is 2.35. The van der Waals surface area contributed by atoms with Gasteiger partial charge in [0.05, 0.1) is 0 Å². The van der Waals surface area contributed by atoms with Crippen LogP contribution in [0.15, 0.2) is 24.3 Å². The van der Waals surface area contributed by atoms with Gasteiger partial charge in [-0.1, -0.05) is 39.0 Å². The van der Waals surface area contributed by atoms with Gasteiger partial charge in [-0.05, 0) is 17.9 Å². The van der Waals surface area contributed by atoms with Crippen LogP contribution in [0.25, 0.3) is 0 Å². The van der Waals surface area contributed by atoms with Gasteiger partial charge in [-0.2, -0.15) is 0 Å². The molecule has 1 aliphatic heterocycles. The number of para-hydroxylation sites is 1. The van der Waals surface area contributed by atoms with Crippen molar-refractivity contribution in [1.29, 1.82) is 0 Å². The first kappa shape index (κ1) is 12.1. The summed E-state index contributed by atoms with van der Waals surface area (Å²) in [5.74, 6) is 0.0236. The van der Waals surface area contributed by atoms with Crippen molar-refractivity contribution in [3.63, 3.8) is 0 Å². The van der Waals surface area contributed by atoms with Crippen LogP contribution in [-0.4, -0.2) is 12.5 Å². The molecule has 3 heteroatoms. The molecule has 1 aliphatic rings. The molecule has 0 aliphatic carbocycles. The number of hydrogen-bond acceptors (Lipinski definition) is 2. The van der Waals surface area contributed by atoms with Gasteiger partial charge in [-0.25, -0.2) is 0 Å². The van der Waals surface area contributed by atoms with E-state index in [0.717, 1.165) is 24.2 Å². The lowest BCUT2D eigenvalue weighted by molar-refractivity contribution is -0.119. The van der Waals surface area contributed by atoms with Crippen molar-refractivity contribution < 1.29 is 4.79 Å². The van der Waals surface area contributed by atoms with Crippen molar-refractivity contribution in [3.05, 3.63) is 29.8 Å². The fraction of sp³-hybridized carbons (Fsp3) is 0.500. The summed E-state index contributed by atoms with van der Waals surface area (Å²) in [6.45, 7) is 7.28.